The van der Waals surface area contributed by atoms with Gasteiger partial charge in [-0.05, 0) is 43.7 Å². The largest absolute Gasteiger partial charge is 0.573 e. The third kappa shape index (κ3) is 5.93. The summed E-state index contributed by atoms with van der Waals surface area (Å²) < 4.78 is 47.3. The maximum absolute atomic E-state index is 13.0. The summed E-state index contributed by atoms with van der Waals surface area (Å²) in [5, 5.41) is 17.5. The fourth-order valence-corrected chi connectivity index (χ4v) is 3.44. The molecule has 1 heterocycles. The van der Waals surface area contributed by atoms with E-state index in [0.29, 0.717) is 11.3 Å². The molecule has 2 aromatic rings. The average Bonchev–Trinajstić information content (AvgIpc) is 2.99. The number of rotatable bonds is 7. The predicted octanol–water partition coefficient (Wildman–Crippen LogP) is 3.80. The molecule has 8 nitrogen and oxygen atoms in total. The second-order valence-corrected chi connectivity index (χ2v) is 7.48. The van der Waals surface area contributed by atoms with E-state index in [1.165, 1.54) is 29.3 Å². The highest BCUT2D eigenvalue weighted by Gasteiger charge is 2.41. The van der Waals surface area contributed by atoms with Crippen molar-refractivity contribution in [1.29, 1.82) is 0 Å². The van der Waals surface area contributed by atoms with Crippen LogP contribution in [-0.2, 0) is 4.79 Å². The fraction of sp³-hybridized carbons (Fsp3) is 0.318. The molecule has 3 rings (SSSR count). The van der Waals surface area contributed by atoms with Crippen LogP contribution in [0.1, 0.15) is 35.8 Å². The van der Waals surface area contributed by atoms with E-state index in [1.807, 2.05) is 0 Å². The number of halogens is 3. The van der Waals surface area contributed by atoms with Gasteiger partial charge in [0.15, 0.2) is 0 Å². The van der Waals surface area contributed by atoms with Crippen molar-refractivity contribution in [2.75, 3.05) is 7.05 Å². The normalized spacial score (nSPS) is 19.0. The van der Waals surface area contributed by atoms with Crippen molar-refractivity contribution in [3.05, 3.63) is 59.7 Å². The van der Waals surface area contributed by atoms with E-state index in [9.17, 15) is 22.8 Å². The van der Waals surface area contributed by atoms with E-state index in [1.54, 1.807) is 33.0 Å². The summed E-state index contributed by atoms with van der Waals surface area (Å²) in [4.78, 5) is 24.1. The standard InChI is InChI=1S/C22H22F3N3O5/c1-12(14-7-9-15(10-8-14)21(30)31)26-19(29)18-13(2)27-28(3)20(18)32-16-5-4-6-17(11-16)33-22(23,24)25/h4-12,18,20H,1-3H3,(H,26,29)(H,30,31)/t12-,18?,20?/m0/s1. The van der Waals surface area contributed by atoms with Crippen LogP contribution in [0.4, 0.5) is 13.2 Å². The van der Waals surface area contributed by atoms with E-state index in [4.69, 9.17) is 9.84 Å². The summed E-state index contributed by atoms with van der Waals surface area (Å²) in [7, 11) is 1.59. The van der Waals surface area contributed by atoms with Crippen molar-refractivity contribution in [3.8, 4) is 11.5 Å². The zero-order chi connectivity index (χ0) is 24.3. The van der Waals surface area contributed by atoms with Crippen LogP contribution < -0.4 is 14.8 Å². The second-order valence-electron chi connectivity index (χ2n) is 7.48. The highest BCUT2D eigenvalue weighted by molar-refractivity contribution is 6.04. The molecule has 1 amide bonds. The Kier molecular flexibility index (Phi) is 6.80. The van der Waals surface area contributed by atoms with Crippen molar-refractivity contribution in [1.82, 2.24) is 10.3 Å². The molecule has 2 unspecified atom stereocenters. The molecule has 3 atom stereocenters. The average molecular weight is 465 g/mol. The number of nitrogens with one attached hydrogen (secondary N) is 1. The topological polar surface area (TPSA) is 100 Å². The van der Waals surface area contributed by atoms with E-state index >= 15 is 0 Å². The van der Waals surface area contributed by atoms with Gasteiger partial charge in [-0.3, -0.25) is 9.80 Å². The first kappa shape index (κ1) is 23.9. The monoisotopic (exact) mass is 465 g/mol. The van der Waals surface area contributed by atoms with Crippen LogP contribution in [0, 0.1) is 5.92 Å². The summed E-state index contributed by atoms with van der Waals surface area (Å²) in [5.74, 6) is -2.65. The summed E-state index contributed by atoms with van der Waals surface area (Å²) in [5.41, 5.74) is 1.29. The van der Waals surface area contributed by atoms with E-state index in [2.05, 4.69) is 15.2 Å². The van der Waals surface area contributed by atoms with Gasteiger partial charge >= 0.3 is 12.3 Å². The Morgan fingerprint density at radius 1 is 1.15 bits per heavy atom. The molecule has 33 heavy (non-hydrogen) atoms. The number of ether oxygens (including phenoxy) is 2. The SMILES string of the molecule is CC1=NN(C)C(Oc2cccc(OC(F)(F)F)c2)C1C(=O)N[C@@H](C)c1ccc(C(=O)O)cc1. The maximum atomic E-state index is 13.0. The minimum absolute atomic E-state index is 0.0774. The molecule has 0 aliphatic carbocycles. The lowest BCUT2D eigenvalue weighted by Crippen LogP contribution is -2.45. The summed E-state index contributed by atoms with van der Waals surface area (Å²) in [6.07, 6.45) is -5.74. The number of carbonyl (C=O) groups is 2. The zero-order valence-corrected chi connectivity index (χ0v) is 18.0. The second kappa shape index (κ2) is 9.39. The number of hydrogen-bond acceptors (Lipinski definition) is 6. The predicted molar refractivity (Wildman–Crippen MR) is 112 cm³/mol. The smallest absolute Gasteiger partial charge is 0.478 e. The van der Waals surface area contributed by atoms with Crippen LogP contribution in [0.5, 0.6) is 11.5 Å². The maximum Gasteiger partial charge on any atom is 0.573 e. The van der Waals surface area contributed by atoms with Gasteiger partial charge in [-0.2, -0.15) is 5.10 Å². The molecule has 0 bridgehead atoms. The Hall–Kier alpha value is -3.76. The van der Waals surface area contributed by atoms with Gasteiger partial charge in [0, 0.05) is 13.1 Å². The van der Waals surface area contributed by atoms with Gasteiger partial charge in [-0.15, -0.1) is 13.2 Å². The third-order valence-electron chi connectivity index (χ3n) is 5.01. The number of amides is 1. The van der Waals surface area contributed by atoms with E-state index < -0.39 is 42.2 Å². The Bertz CT molecular complexity index is 1060. The van der Waals surface area contributed by atoms with Crippen LogP contribution in [0.15, 0.2) is 53.6 Å². The molecule has 11 heteroatoms. The first-order chi connectivity index (χ1) is 15.4. The molecule has 0 saturated carbocycles. The van der Waals surface area contributed by atoms with E-state index in [0.717, 1.165) is 12.1 Å². The van der Waals surface area contributed by atoms with Gasteiger partial charge in [-0.1, -0.05) is 18.2 Å². The molecule has 0 radical (unpaired) electrons. The van der Waals surface area contributed by atoms with Crippen LogP contribution >= 0.6 is 0 Å². The van der Waals surface area contributed by atoms with Crippen LogP contribution in [0.25, 0.3) is 0 Å². The van der Waals surface area contributed by atoms with Crippen molar-refractivity contribution < 1.29 is 37.3 Å². The Morgan fingerprint density at radius 3 is 2.39 bits per heavy atom. The highest BCUT2D eigenvalue weighted by Crippen LogP contribution is 2.30. The summed E-state index contributed by atoms with van der Waals surface area (Å²) in [6.45, 7) is 3.40. The molecule has 2 aromatic carbocycles. The summed E-state index contributed by atoms with van der Waals surface area (Å²) >= 11 is 0. The molecule has 0 saturated heterocycles. The van der Waals surface area contributed by atoms with Gasteiger partial charge in [0.2, 0.25) is 12.1 Å². The van der Waals surface area contributed by atoms with Gasteiger partial charge in [0.25, 0.3) is 0 Å². The molecule has 0 fully saturated rings. The molecular formula is C22H22F3N3O5. The van der Waals surface area contributed by atoms with Crippen LogP contribution in [0.2, 0.25) is 0 Å². The lowest BCUT2D eigenvalue weighted by Gasteiger charge is -2.26. The van der Waals surface area contributed by atoms with Gasteiger partial charge in [0.05, 0.1) is 17.3 Å². The number of aromatic carboxylic acids is 1. The molecule has 0 spiro atoms. The van der Waals surface area contributed by atoms with Crippen LogP contribution in [-0.4, -0.2) is 47.3 Å². The first-order valence-electron chi connectivity index (χ1n) is 9.88. The minimum atomic E-state index is -4.84. The number of carbonyl (C=O) groups excluding carboxylic acids is 1. The molecule has 0 aromatic heterocycles. The lowest BCUT2D eigenvalue weighted by molar-refractivity contribution is -0.274. The highest BCUT2D eigenvalue weighted by atomic mass is 19.4. The van der Waals surface area contributed by atoms with Crippen molar-refractivity contribution in [2.24, 2.45) is 11.0 Å². The van der Waals surface area contributed by atoms with Crippen molar-refractivity contribution in [3.63, 3.8) is 0 Å². The Balaban J connectivity index is 1.73. The molecule has 1 aliphatic rings. The molecule has 176 valence electrons. The Labute approximate surface area is 187 Å². The van der Waals surface area contributed by atoms with Gasteiger partial charge in [-0.25, -0.2) is 4.79 Å². The molecular weight excluding hydrogens is 443 g/mol. The van der Waals surface area contributed by atoms with Gasteiger partial charge in [0.1, 0.15) is 17.4 Å². The fourth-order valence-electron chi connectivity index (χ4n) is 3.44. The van der Waals surface area contributed by atoms with E-state index in [-0.39, 0.29) is 11.3 Å². The Morgan fingerprint density at radius 2 is 1.79 bits per heavy atom. The number of carboxylic acid groups (broad SMARTS) is 1. The number of nitrogens with zero attached hydrogens (tertiary/aromatic N) is 2. The number of hydrazone groups is 1. The number of hydrogen-bond donors (Lipinski definition) is 2. The minimum Gasteiger partial charge on any atom is -0.478 e. The first-order valence-corrected chi connectivity index (χ1v) is 9.88. The number of alkyl halides is 3. The lowest BCUT2D eigenvalue weighted by atomic mass is 10.0. The van der Waals surface area contributed by atoms with Crippen molar-refractivity contribution in [2.45, 2.75) is 32.5 Å². The zero-order valence-electron chi connectivity index (χ0n) is 18.0. The molecule has 2 N–H and O–H groups in total. The number of benzene rings is 2. The van der Waals surface area contributed by atoms with Crippen molar-refractivity contribution >= 4 is 17.6 Å². The number of carboxylic acids is 1. The molecule has 1 aliphatic heterocycles. The third-order valence-corrected chi connectivity index (χ3v) is 5.01. The van der Waals surface area contributed by atoms with Gasteiger partial charge < -0.3 is 19.9 Å². The quantitative estimate of drug-likeness (QED) is 0.645. The summed E-state index contributed by atoms with van der Waals surface area (Å²) in [6, 6.07) is 10.7. The van der Waals surface area contributed by atoms with Crippen LogP contribution in [0.3, 0.4) is 0 Å².